The lowest BCUT2D eigenvalue weighted by atomic mass is 10.0. The minimum absolute atomic E-state index is 0.0948. The van der Waals surface area contributed by atoms with Crippen molar-refractivity contribution < 1.29 is 8.42 Å². The number of thiophene rings is 1. The molecule has 5 heteroatoms. The van der Waals surface area contributed by atoms with Crippen LogP contribution < -0.4 is 5.32 Å². The van der Waals surface area contributed by atoms with Gasteiger partial charge in [0.15, 0.2) is 9.84 Å². The quantitative estimate of drug-likeness (QED) is 0.903. The highest BCUT2D eigenvalue weighted by molar-refractivity contribution is 7.92. The van der Waals surface area contributed by atoms with Crippen molar-refractivity contribution in [2.75, 3.05) is 12.8 Å². The maximum Gasteiger partial charge on any atom is 0.154 e. The average Bonchev–Trinajstić information content (AvgIpc) is 2.84. The first-order chi connectivity index (χ1) is 8.63. The number of aryl methyl sites for hydroxylation is 1. The molecule has 0 aliphatic carbocycles. The van der Waals surface area contributed by atoms with Gasteiger partial charge in [0.25, 0.3) is 0 Å². The van der Waals surface area contributed by atoms with E-state index >= 15 is 0 Å². The highest BCUT2D eigenvalue weighted by Crippen LogP contribution is 2.25. The second-order valence-electron chi connectivity index (χ2n) is 4.91. The van der Waals surface area contributed by atoms with Crippen molar-refractivity contribution in [3.05, 3.63) is 22.4 Å². The van der Waals surface area contributed by atoms with Crippen LogP contribution in [0.15, 0.2) is 17.5 Å². The van der Waals surface area contributed by atoms with Gasteiger partial charge in [-0.05, 0) is 44.2 Å². The molecule has 0 aromatic carbocycles. The van der Waals surface area contributed by atoms with Gasteiger partial charge in [-0.3, -0.25) is 0 Å². The lowest BCUT2D eigenvalue weighted by molar-refractivity contribution is 0.440. The van der Waals surface area contributed by atoms with E-state index in [1.807, 2.05) is 13.1 Å². The van der Waals surface area contributed by atoms with Crippen LogP contribution in [0.1, 0.15) is 30.6 Å². The van der Waals surface area contributed by atoms with Gasteiger partial charge < -0.3 is 5.32 Å². The van der Waals surface area contributed by atoms with Gasteiger partial charge in [0.2, 0.25) is 0 Å². The van der Waals surface area contributed by atoms with E-state index in [4.69, 9.17) is 0 Å². The number of sulfone groups is 1. The summed E-state index contributed by atoms with van der Waals surface area (Å²) < 4.78 is 24.2. The summed E-state index contributed by atoms with van der Waals surface area (Å²) in [5, 5.41) is 5.10. The second kappa shape index (κ2) is 6.17. The van der Waals surface area contributed by atoms with Crippen molar-refractivity contribution in [1.82, 2.24) is 5.32 Å². The molecule has 1 N–H and O–H groups in total. The highest BCUT2D eigenvalue weighted by Gasteiger charge is 2.34. The Hall–Kier alpha value is -0.390. The molecule has 2 rings (SSSR count). The fourth-order valence-electron chi connectivity index (χ4n) is 2.70. The molecule has 1 aromatic heterocycles. The van der Waals surface area contributed by atoms with Gasteiger partial charge in [0.05, 0.1) is 11.0 Å². The Kier molecular flexibility index (Phi) is 4.81. The molecule has 0 amide bonds. The maximum absolute atomic E-state index is 12.1. The van der Waals surface area contributed by atoms with Crippen LogP contribution in [0.4, 0.5) is 0 Å². The molecule has 1 aliphatic heterocycles. The predicted octanol–water partition coefficient (Wildman–Crippen LogP) is 2.24. The molecule has 1 aliphatic rings. The van der Waals surface area contributed by atoms with Gasteiger partial charge in [-0.15, -0.1) is 11.3 Å². The molecule has 2 heterocycles. The van der Waals surface area contributed by atoms with Crippen LogP contribution in [0.25, 0.3) is 0 Å². The summed E-state index contributed by atoms with van der Waals surface area (Å²) in [4.78, 5) is 1.34. The second-order valence-corrected chi connectivity index (χ2v) is 8.29. The fourth-order valence-corrected chi connectivity index (χ4v) is 5.63. The molecule has 0 saturated carbocycles. The topological polar surface area (TPSA) is 46.2 Å². The predicted molar refractivity (Wildman–Crippen MR) is 76.9 cm³/mol. The number of rotatable bonds is 5. The normalized spacial score (nSPS) is 24.8. The van der Waals surface area contributed by atoms with Crippen molar-refractivity contribution in [3.63, 3.8) is 0 Å². The Morgan fingerprint density at radius 3 is 2.94 bits per heavy atom. The minimum Gasteiger partial charge on any atom is -0.316 e. The minimum atomic E-state index is -2.88. The molecule has 0 radical (unpaired) electrons. The lowest BCUT2D eigenvalue weighted by Crippen LogP contribution is -2.45. The van der Waals surface area contributed by atoms with Gasteiger partial charge in [-0.1, -0.05) is 12.5 Å². The zero-order valence-electron chi connectivity index (χ0n) is 10.8. The first-order valence-corrected chi connectivity index (χ1v) is 9.14. The van der Waals surface area contributed by atoms with E-state index < -0.39 is 9.84 Å². The van der Waals surface area contributed by atoms with Crippen molar-refractivity contribution >= 4 is 21.2 Å². The van der Waals surface area contributed by atoms with E-state index in [9.17, 15) is 8.42 Å². The molecule has 18 heavy (non-hydrogen) atoms. The monoisotopic (exact) mass is 287 g/mol. The molecule has 0 spiro atoms. The van der Waals surface area contributed by atoms with Crippen molar-refractivity contribution in [3.8, 4) is 0 Å². The van der Waals surface area contributed by atoms with Gasteiger partial charge in [0.1, 0.15) is 0 Å². The van der Waals surface area contributed by atoms with Crippen LogP contribution in [0, 0.1) is 0 Å². The number of hydrogen-bond donors (Lipinski definition) is 1. The summed E-state index contributed by atoms with van der Waals surface area (Å²) in [5.41, 5.74) is 0. The van der Waals surface area contributed by atoms with E-state index in [1.165, 1.54) is 4.88 Å². The largest absolute Gasteiger partial charge is 0.316 e. The van der Waals surface area contributed by atoms with Crippen molar-refractivity contribution in [1.29, 1.82) is 0 Å². The molecule has 2 atom stereocenters. The third kappa shape index (κ3) is 3.33. The molecule has 1 aromatic rings. The summed E-state index contributed by atoms with van der Waals surface area (Å²) in [6.45, 7) is 0. The van der Waals surface area contributed by atoms with Gasteiger partial charge in [-0.25, -0.2) is 8.42 Å². The van der Waals surface area contributed by atoms with Gasteiger partial charge in [-0.2, -0.15) is 0 Å². The number of nitrogens with one attached hydrogen (secondary N) is 1. The molecular formula is C13H21NO2S2. The molecule has 3 nitrogen and oxygen atoms in total. The van der Waals surface area contributed by atoms with E-state index in [1.54, 1.807) is 11.3 Å². The van der Waals surface area contributed by atoms with E-state index in [2.05, 4.69) is 16.8 Å². The highest BCUT2D eigenvalue weighted by atomic mass is 32.2. The summed E-state index contributed by atoms with van der Waals surface area (Å²) in [6.07, 6.45) is 4.57. The van der Waals surface area contributed by atoms with E-state index in [0.29, 0.717) is 5.75 Å². The first-order valence-electron chi connectivity index (χ1n) is 6.54. The molecule has 102 valence electrons. The van der Waals surface area contributed by atoms with Crippen molar-refractivity contribution in [2.45, 2.75) is 43.4 Å². The molecule has 1 saturated heterocycles. The third-order valence-electron chi connectivity index (χ3n) is 3.73. The summed E-state index contributed by atoms with van der Waals surface area (Å²) in [5.74, 6) is 0.370. The SMILES string of the molecule is CNC(CCc1cccs1)C1CCCCS1(=O)=O. The Bertz CT molecular complexity index is 453. The first kappa shape index (κ1) is 14.0. The Balaban J connectivity index is 1.99. The van der Waals surface area contributed by atoms with E-state index in [0.717, 1.165) is 32.1 Å². The van der Waals surface area contributed by atoms with Crippen LogP contribution in [-0.4, -0.2) is 32.5 Å². The number of hydrogen-bond acceptors (Lipinski definition) is 4. The summed E-state index contributed by atoms with van der Waals surface area (Å²) >= 11 is 1.74. The van der Waals surface area contributed by atoms with Gasteiger partial charge >= 0.3 is 0 Å². The smallest absolute Gasteiger partial charge is 0.154 e. The van der Waals surface area contributed by atoms with Gasteiger partial charge in [0, 0.05) is 10.9 Å². The zero-order chi connectivity index (χ0) is 13.0. The lowest BCUT2D eigenvalue weighted by Gasteiger charge is -2.29. The molecule has 0 bridgehead atoms. The third-order valence-corrected chi connectivity index (χ3v) is 7.01. The van der Waals surface area contributed by atoms with Crippen LogP contribution in [0.3, 0.4) is 0 Å². The Labute approximate surface area is 114 Å². The summed E-state index contributed by atoms with van der Waals surface area (Å²) in [6, 6.07) is 4.26. The average molecular weight is 287 g/mol. The zero-order valence-corrected chi connectivity index (χ0v) is 12.4. The molecule has 1 fully saturated rings. The standard InChI is InChI=1S/C13H21NO2S2/c1-14-12(8-7-11-5-4-9-17-11)13-6-2-3-10-18(13,15)16/h4-5,9,12-14H,2-3,6-8,10H2,1H3. The summed E-state index contributed by atoms with van der Waals surface area (Å²) in [7, 11) is -1.01. The van der Waals surface area contributed by atoms with Crippen LogP contribution in [0.2, 0.25) is 0 Å². The molecular weight excluding hydrogens is 266 g/mol. The molecule has 2 unspecified atom stereocenters. The maximum atomic E-state index is 12.1. The van der Waals surface area contributed by atoms with Crippen LogP contribution in [0.5, 0.6) is 0 Å². The van der Waals surface area contributed by atoms with Crippen LogP contribution >= 0.6 is 11.3 Å². The van der Waals surface area contributed by atoms with E-state index in [-0.39, 0.29) is 11.3 Å². The van der Waals surface area contributed by atoms with Crippen molar-refractivity contribution in [2.24, 2.45) is 0 Å². The van der Waals surface area contributed by atoms with Crippen LogP contribution in [-0.2, 0) is 16.3 Å². The Morgan fingerprint density at radius 1 is 1.50 bits per heavy atom. The fraction of sp³-hybridized carbons (Fsp3) is 0.692. The Morgan fingerprint density at radius 2 is 2.33 bits per heavy atom.